The minimum atomic E-state index is -0.430. The average Bonchev–Trinajstić information content (AvgIpc) is 3.17. The second kappa shape index (κ2) is 5.06. The van der Waals surface area contributed by atoms with Gasteiger partial charge < -0.3 is 10.6 Å². The Hall–Kier alpha value is -1.42. The Labute approximate surface area is 107 Å². The molecule has 2 rings (SSSR count). The van der Waals surface area contributed by atoms with Crippen molar-refractivity contribution in [3.05, 3.63) is 35.1 Å². The quantitative estimate of drug-likeness (QED) is 0.887. The first-order valence-electron chi connectivity index (χ1n) is 6.28. The highest BCUT2D eigenvalue weighted by Crippen LogP contribution is 2.35. The Morgan fingerprint density at radius 1 is 1.56 bits per heavy atom. The van der Waals surface area contributed by atoms with Gasteiger partial charge in [-0.3, -0.25) is 4.79 Å². The van der Waals surface area contributed by atoms with Crippen molar-refractivity contribution in [3.63, 3.8) is 0 Å². The summed E-state index contributed by atoms with van der Waals surface area (Å²) in [6.45, 7) is 2.09. The van der Waals surface area contributed by atoms with Gasteiger partial charge in [-0.1, -0.05) is 12.1 Å². The summed E-state index contributed by atoms with van der Waals surface area (Å²) in [7, 11) is 1.71. The van der Waals surface area contributed by atoms with Crippen molar-refractivity contribution in [3.8, 4) is 0 Å². The van der Waals surface area contributed by atoms with Crippen LogP contribution < -0.4 is 5.73 Å². The van der Waals surface area contributed by atoms with Crippen LogP contribution in [0.5, 0.6) is 0 Å². The van der Waals surface area contributed by atoms with Crippen LogP contribution >= 0.6 is 0 Å². The lowest BCUT2D eigenvalue weighted by molar-refractivity contribution is 0.0713. The number of halogens is 1. The molecule has 1 saturated carbocycles. The molecule has 0 radical (unpaired) electrons. The maximum absolute atomic E-state index is 13.9. The maximum atomic E-state index is 13.9. The highest BCUT2D eigenvalue weighted by molar-refractivity contribution is 5.94. The Kier molecular flexibility index (Phi) is 3.66. The second-order valence-corrected chi connectivity index (χ2v) is 4.99. The van der Waals surface area contributed by atoms with Crippen LogP contribution in [0.1, 0.15) is 28.8 Å². The molecule has 1 fully saturated rings. The van der Waals surface area contributed by atoms with Gasteiger partial charge in [0.15, 0.2) is 0 Å². The summed E-state index contributed by atoms with van der Waals surface area (Å²) < 4.78 is 13.9. The molecule has 1 aliphatic carbocycles. The summed E-state index contributed by atoms with van der Waals surface area (Å²) in [6.07, 6.45) is 2.21. The third kappa shape index (κ3) is 2.38. The molecule has 1 aliphatic rings. The molecule has 0 aromatic heterocycles. The zero-order valence-electron chi connectivity index (χ0n) is 10.8. The van der Waals surface area contributed by atoms with Crippen molar-refractivity contribution in [2.75, 3.05) is 13.6 Å². The molecule has 1 unspecified atom stereocenters. The van der Waals surface area contributed by atoms with Gasteiger partial charge >= 0.3 is 0 Å². The van der Waals surface area contributed by atoms with E-state index in [0.717, 1.165) is 12.8 Å². The van der Waals surface area contributed by atoms with E-state index in [-0.39, 0.29) is 17.5 Å². The van der Waals surface area contributed by atoms with E-state index in [1.165, 1.54) is 6.07 Å². The second-order valence-electron chi connectivity index (χ2n) is 4.99. The molecular weight excluding hydrogens is 231 g/mol. The minimum Gasteiger partial charge on any atom is -0.337 e. The molecule has 0 saturated heterocycles. The molecule has 4 heteroatoms. The Balaban J connectivity index is 2.22. The molecule has 1 atom stereocenters. The molecule has 0 bridgehead atoms. The number of carbonyl (C=O) groups is 1. The number of benzene rings is 1. The number of rotatable bonds is 4. The van der Waals surface area contributed by atoms with Gasteiger partial charge in [0.25, 0.3) is 5.91 Å². The first-order chi connectivity index (χ1) is 8.56. The van der Waals surface area contributed by atoms with Crippen molar-refractivity contribution < 1.29 is 9.18 Å². The van der Waals surface area contributed by atoms with Gasteiger partial charge in [-0.15, -0.1) is 0 Å². The van der Waals surface area contributed by atoms with Gasteiger partial charge in [0.05, 0.1) is 5.56 Å². The van der Waals surface area contributed by atoms with Crippen LogP contribution in [-0.4, -0.2) is 30.4 Å². The van der Waals surface area contributed by atoms with Crippen molar-refractivity contribution in [1.29, 1.82) is 0 Å². The Bertz CT molecular complexity index is 457. The fraction of sp³-hybridized carbons (Fsp3) is 0.500. The molecule has 1 amide bonds. The number of nitrogens with two attached hydrogens (primary N) is 1. The number of amides is 1. The first kappa shape index (κ1) is 13.0. The highest BCUT2D eigenvalue weighted by Gasteiger charge is 2.35. The predicted molar refractivity (Wildman–Crippen MR) is 68.8 cm³/mol. The minimum absolute atomic E-state index is 0.0254. The summed E-state index contributed by atoms with van der Waals surface area (Å²) in [4.78, 5) is 13.9. The van der Waals surface area contributed by atoms with Crippen LogP contribution in [-0.2, 0) is 0 Å². The molecule has 0 spiro atoms. The van der Waals surface area contributed by atoms with Crippen LogP contribution in [0, 0.1) is 18.7 Å². The van der Waals surface area contributed by atoms with E-state index >= 15 is 0 Å². The number of aryl methyl sites for hydroxylation is 1. The number of hydrogen-bond donors (Lipinski definition) is 1. The molecule has 98 valence electrons. The van der Waals surface area contributed by atoms with E-state index in [4.69, 9.17) is 5.73 Å². The van der Waals surface area contributed by atoms with E-state index in [0.29, 0.717) is 18.0 Å². The first-order valence-corrected chi connectivity index (χ1v) is 6.28. The van der Waals surface area contributed by atoms with Crippen molar-refractivity contribution in [1.82, 2.24) is 4.90 Å². The lowest BCUT2D eigenvalue weighted by Crippen LogP contribution is -2.43. The lowest BCUT2D eigenvalue weighted by Gasteiger charge is -2.27. The van der Waals surface area contributed by atoms with Crippen LogP contribution in [0.4, 0.5) is 4.39 Å². The van der Waals surface area contributed by atoms with Gasteiger partial charge in [-0.2, -0.15) is 0 Å². The molecule has 0 heterocycles. The fourth-order valence-corrected chi connectivity index (χ4v) is 2.30. The lowest BCUT2D eigenvalue weighted by atomic mass is 10.1. The van der Waals surface area contributed by atoms with Crippen molar-refractivity contribution >= 4 is 5.91 Å². The summed E-state index contributed by atoms with van der Waals surface area (Å²) in [5.74, 6) is -0.226. The van der Waals surface area contributed by atoms with E-state index in [1.54, 1.807) is 31.0 Å². The fourth-order valence-electron chi connectivity index (χ4n) is 2.30. The standard InChI is InChI=1S/C14H19FN2O/c1-9-4-3-5-11(13(9)15)14(18)17(2)12(8-16)10-6-7-10/h3-5,10,12H,6-8,16H2,1-2H3. The number of nitrogens with zero attached hydrogens (tertiary/aromatic N) is 1. The largest absolute Gasteiger partial charge is 0.337 e. The number of likely N-dealkylation sites (N-methyl/N-ethyl adjacent to an activating group) is 1. The maximum Gasteiger partial charge on any atom is 0.256 e. The van der Waals surface area contributed by atoms with E-state index in [2.05, 4.69) is 0 Å². The third-order valence-electron chi connectivity index (χ3n) is 3.65. The number of hydrogen-bond acceptors (Lipinski definition) is 2. The molecule has 0 aliphatic heterocycles. The molecule has 1 aromatic rings. The Morgan fingerprint density at radius 3 is 2.78 bits per heavy atom. The normalized spacial score (nSPS) is 16.4. The average molecular weight is 250 g/mol. The summed E-state index contributed by atoms with van der Waals surface area (Å²) in [5.41, 5.74) is 6.34. The third-order valence-corrected chi connectivity index (χ3v) is 3.65. The predicted octanol–water partition coefficient (Wildman–Crippen LogP) is 1.94. The monoisotopic (exact) mass is 250 g/mol. The summed E-state index contributed by atoms with van der Waals surface area (Å²) in [6, 6.07) is 4.92. The van der Waals surface area contributed by atoms with Gasteiger partial charge in [-0.05, 0) is 37.3 Å². The van der Waals surface area contributed by atoms with Crippen LogP contribution in [0.3, 0.4) is 0 Å². The topological polar surface area (TPSA) is 46.3 Å². The smallest absolute Gasteiger partial charge is 0.256 e. The summed E-state index contributed by atoms with van der Waals surface area (Å²) in [5, 5.41) is 0. The van der Waals surface area contributed by atoms with Crippen LogP contribution in [0.15, 0.2) is 18.2 Å². The van der Waals surface area contributed by atoms with Gasteiger partial charge in [0, 0.05) is 19.6 Å². The molecule has 18 heavy (non-hydrogen) atoms. The Morgan fingerprint density at radius 2 is 2.22 bits per heavy atom. The van der Waals surface area contributed by atoms with Crippen LogP contribution in [0.2, 0.25) is 0 Å². The zero-order valence-corrected chi connectivity index (χ0v) is 10.8. The molecule has 2 N–H and O–H groups in total. The van der Waals surface area contributed by atoms with Crippen molar-refractivity contribution in [2.45, 2.75) is 25.8 Å². The number of carbonyl (C=O) groups excluding carboxylic acids is 1. The van der Waals surface area contributed by atoms with E-state index < -0.39 is 5.82 Å². The van der Waals surface area contributed by atoms with E-state index in [9.17, 15) is 9.18 Å². The van der Waals surface area contributed by atoms with Gasteiger partial charge in [0.2, 0.25) is 0 Å². The van der Waals surface area contributed by atoms with Gasteiger partial charge in [0.1, 0.15) is 5.82 Å². The van der Waals surface area contributed by atoms with Gasteiger partial charge in [-0.25, -0.2) is 4.39 Å². The molecular formula is C14H19FN2O. The summed E-state index contributed by atoms with van der Waals surface area (Å²) >= 11 is 0. The SMILES string of the molecule is Cc1cccc(C(=O)N(C)C(CN)C2CC2)c1F. The van der Waals surface area contributed by atoms with Crippen LogP contribution in [0.25, 0.3) is 0 Å². The van der Waals surface area contributed by atoms with Crippen molar-refractivity contribution in [2.24, 2.45) is 11.7 Å². The highest BCUT2D eigenvalue weighted by atomic mass is 19.1. The zero-order chi connectivity index (χ0) is 13.3. The molecule has 1 aromatic carbocycles. The van der Waals surface area contributed by atoms with E-state index in [1.807, 2.05) is 0 Å². The molecule has 3 nitrogen and oxygen atoms in total.